The molecule has 0 saturated carbocycles. The summed E-state index contributed by atoms with van der Waals surface area (Å²) in [7, 11) is 0. The Morgan fingerprint density at radius 1 is 1.39 bits per heavy atom. The molecule has 0 unspecified atom stereocenters. The number of amides is 1. The van der Waals surface area contributed by atoms with Gasteiger partial charge in [0.1, 0.15) is 6.61 Å². The van der Waals surface area contributed by atoms with Crippen molar-refractivity contribution >= 4 is 34.4 Å². The predicted molar refractivity (Wildman–Crippen MR) is 63.6 cm³/mol. The van der Waals surface area contributed by atoms with Crippen molar-refractivity contribution in [2.75, 3.05) is 6.61 Å². The van der Waals surface area contributed by atoms with E-state index in [1.54, 1.807) is 0 Å². The average molecular weight is 347 g/mol. The van der Waals surface area contributed by atoms with E-state index in [1.165, 1.54) is 6.07 Å². The van der Waals surface area contributed by atoms with E-state index in [4.69, 9.17) is 0 Å². The summed E-state index contributed by atoms with van der Waals surface area (Å²) in [6.07, 6.45) is -5.03. The Balaban J connectivity index is 0.00000162. The predicted octanol–water partition coefficient (Wildman–Crippen LogP) is 3.67. The largest absolute Gasteiger partial charge is 0.447 e. The third-order valence-electron chi connectivity index (χ3n) is 2.37. The first-order chi connectivity index (χ1) is 7.88. The minimum Gasteiger partial charge on any atom is -0.447 e. The Hall–Kier alpha value is -0.950. The third-order valence-corrected chi connectivity index (χ3v) is 3.09. The topological polar surface area (TPSA) is 38.3 Å². The summed E-state index contributed by atoms with van der Waals surface area (Å²) < 4.78 is 42.7. The molecule has 1 amide bonds. The number of alkyl halides is 3. The minimum absolute atomic E-state index is 0. The molecule has 0 bridgehead atoms. The van der Waals surface area contributed by atoms with Crippen LogP contribution in [-0.2, 0) is 10.9 Å². The molecule has 1 aliphatic heterocycles. The SMILES string of the molecule is Cl.O=C1N[C@@H](c2cc(C(F)(F)F)ccc2Br)CO1. The number of ether oxygens (including phenoxy) is 1. The molecule has 18 heavy (non-hydrogen) atoms. The minimum atomic E-state index is -4.40. The zero-order valence-corrected chi connectivity index (χ0v) is 11.2. The highest BCUT2D eigenvalue weighted by Crippen LogP contribution is 2.34. The van der Waals surface area contributed by atoms with Crippen molar-refractivity contribution in [2.24, 2.45) is 0 Å². The fraction of sp³-hybridized carbons (Fsp3) is 0.300. The quantitative estimate of drug-likeness (QED) is 0.842. The Labute approximate surface area is 115 Å². The molecule has 2 rings (SSSR count). The monoisotopic (exact) mass is 345 g/mol. The normalized spacial score (nSPS) is 18.9. The Morgan fingerprint density at radius 3 is 2.56 bits per heavy atom. The molecule has 1 aromatic carbocycles. The maximum Gasteiger partial charge on any atom is 0.416 e. The van der Waals surface area contributed by atoms with Gasteiger partial charge in [-0.25, -0.2) is 4.79 Å². The van der Waals surface area contributed by atoms with Gasteiger partial charge in [-0.3, -0.25) is 0 Å². The van der Waals surface area contributed by atoms with Gasteiger partial charge in [-0.15, -0.1) is 12.4 Å². The first-order valence-electron chi connectivity index (χ1n) is 4.68. The van der Waals surface area contributed by atoms with Crippen molar-refractivity contribution < 1.29 is 22.7 Å². The summed E-state index contributed by atoms with van der Waals surface area (Å²) in [4.78, 5) is 10.8. The number of cyclic esters (lactones) is 1. The van der Waals surface area contributed by atoms with Gasteiger partial charge in [0.15, 0.2) is 0 Å². The number of rotatable bonds is 1. The third kappa shape index (κ3) is 3.08. The summed E-state index contributed by atoms with van der Waals surface area (Å²) >= 11 is 3.15. The number of carbonyl (C=O) groups is 1. The van der Waals surface area contributed by atoms with E-state index in [0.717, 1.165) is 12.1 Å². The van der Waals surface area contributed by atoms with E-state index in [1.807, 2.05) is 0 Å². The highest BCUT2D eigenvalue weighted by atomic mass is 79.9. The van der Waals surface area contributed by atoms with Gasteiger partial charge in [-0.1, -0.05) is 15.9 Å². The van der Waals surface area contributed by atoms with Crippen LogP contribution >= 0.6 is 28.3 Å². The maximum atomic E-state index is 12.5. The van der Waals surface area contributed by atoms with Crippen LogP contribution in [0.15, 0.2) is 22.7 Å². The molecule has 1 aromatic rings. The first-order valence-corrected chi connectivity index (χ1v) is 5.47. The fourth-order valence-corrected chi connectivity index (χ4v) is 2.06. The second-order valence-corrected chi connectivity index (χ2v) is 4.38. The molecule has 3 nitrogen and oxygen atoms in total. The average Bonchev–Trinajstić information content (AvgIpc) is 2.63. The number of hydrogen-bond acceptors (Lipinski definition) is 2. The summed E-state index contributed by atoms with van der Waals surface area (Å²) in [6.45, 7) is 0.0265. The second kappa shape index (κ2) is 5.36. The Morgan fingerprint density at radius 2 is 2.06 bits per heavy atom. The summed E-state index contributed by atoms with van der Waals surface area (Å²) in [5.74, 6) is 0. The molecule has 1 heterocycles. The molecule has 1 atom stereocenters. The van der Waals surface area contributed by atoms with E-state index >= 15 is 0 Å². The van der Waals surface area contributed by atoms with Gasteiger partial charge in [-0.05, 0) is 23.8 Å². The highest BCUT2D eigenvalue weighted by molar-refractivity contribution is 9.10. The van der Waals surface area contributed by atoms with E-state index in [2.05, 4.69) is 26.0 Å². The van der Waals surface area contributed by atoms with Gasteiger partial charge < -0.3 is 10.1 Å². The highest BCUT2D eigenvalue weighted by Gasteiger charge is 2.33. The second-order valence-electron chi connectivity index (χ2n) is 3.53. The first kappa shape index (κ1) is 15.1. The van der Waals surface area contributed by atoms with E-state index in [9.17, 15) is 18.0 Å². The number of halogens is 5. The van der Waals surface area contributed by atoms with Crippen LogP contribution in [0.3, 0.4) is 0 Å². The smallest absolute Gasteiger partial charge is 0.416 e. The lowest BCUT2D eigenvalue weighted by molar-refractivity contribution is -0.137. The molecular formula is C10H8BrClF3NO2. The number of nitrogens with one attached hydrogen (secondary N) is 1. The van der Waals surface area contributed by atoms with Crippen molar-refractivity contribution in [3.05, 3.63) is 33.8 Å². The maximum absolute atomic E-state index is 12.5. The molecule has 1 N–H and O–H groups in total. The molecule has 100 valence electrons. The van der Waals surface area contributed by atoms with Crippen LogP contribution in [0.5, 0.6) is 0 Å². The fourth-order valence-electron chi connectivity index (χ4n) is 1.54. The standard InChI is InChI=1S/C10H7BrF3NO2.ClH/c11-7-2-1-5(10(12,13)14)3-6(7)8-4-17-9(16)15-8;/h1-3,8H,4H2,(H,15,16);1H/t8-;/m1./s1. The van der Waals surface area contributed by atoms with Gasteiger partial charge in [0.2, 0.25) is 0 Å². The van der Waals surface area contributed by atoms with Crippen LogP contribution in [0.1, 0.15) is 17.2 Å². The zero-order chi connectivity index (χ0) is 12.6. The van der Waals surface area contributed by atoms with Crippen LogP contribution < -0.4 is 5.32 Å². The van der Waals surface area contributed by atoms with Gasteiger partial charge in [0.25, 0.3) is 0 Å². The van der Waals surface area contributed by atoms with Gasteiger partial charge in [0.05, 0.1) is 11.6 Å². The number of benzene rings is 1. The van der Waals surface area contributed by atoms with Crippen molar-refractivity contribution in [3.63, 3.8) is 0 Å². The number of alkyl carbamates (subject to hydrolysis) is 1. The lowest BCUT2D eigenvalue weighted by Crippen LogP contribution is -2.19. The summed E-state index contributed by atoms with van der Waals surface area (Å²) in [5.41, 5.74) is -0.400. The van der Waals surface area contributed by atoms with Crippen LogP contribution in [-0.4, -0.2) is 12.7 Å². The zero-order valence-electron chi connectivity index (χ0n) is 8.75. The van der Waals surface area contributed by atoms with Gasteiger partial charge >= 0.3 is 12.3 Å². The van der Waals surface area contributed by atoms with Crippen molar-refractivity contribution in [1.82, 2.24) is 5.32 Å². The van der Waals surface area contributed by atoms with Crippen molar-refractivity contribution in [3.8, 4) is 0 Å². The van der Waals surface area contributed by atoms with Crippen LogP contribution in [0.4, 0.5) is 18.0 Å². The van der Waals surface area contributed by atoms with Crippen LogP contribution in [0.2, 0.25) is 0 Å². The van der Waals surface area contributed by atoms with Crippen molar-refractivity contribution in [2.45, 2.75) is 12.2 Å². The lowest BCUT2D eigenvalue weighted by atomic mass is 10.0. The summed E-state index contributed by atoms with van der Waals surface area (Å²) in [6, 6.07) is 2.73. The molecule has 1 aliphatic rings. The molecule has 0 aromatic heterocycles. The molecule has 0 spiro atoms. The molecule has 1 fully saturated rings. The molecule has 0 radical (unpaired) electrons. The number of hydrogen-bond donors (Lipinski definition) is 1. The summed E-state index contributed by atoms with van der Waals surface area (Å²) in [5, 5.41) is 2.43. The van der Waals surface area contributed by atoms with E-state index in [0.29, 0.717) is 10.0 Å². The number of carbonyl (C=O) groups excluding carboxylic acids is 1. The Kier molecular flexibility index (Phi) is 4.50. The lowest BCUT2D eigenvalue weighted by Gasteiger charge is -2.13. The Bertz CT molecular complexity index is 467. The van der Waals surface area contributed by atoms with Crippen LogP contribution in [0.25, 0.3) is 0 Å². The molecule has 8 heteroatoms. The molecule has 1 saturated heterocycles. The molecular weight excluding hydrogens is 338 g/mol. The molecule has 0 aliphatic carbocycles. The van der Waals surface area contributed by atoms with Crippen LogP contribution in [0, 0.1) is 0 Å². The van der Waals surface area contributed by atoms with E-state index < -0.39 is 23.9 Å². The van der Waals surface area contributed by atoms with Gasteiger partial charge in [0, 0.05) is 4.47 Å². The van der Waals surface area contributed by atoms with Crippen molar-refractivity contribution in [1.29, 1.82) is 0 Å². The van der Waals surface area contributed by atoms with E-state index in [-0.39, 0.29) is 19.0 Å². The van der Waals surface area contributed by atoms with Gasteiger partial charge in [-0.2, -0.15) is 13.2 Å².